The molecule has 0 radical (unpaired) electrons. The summed E-state index contributed by atoms with van der Waals surface area (Å²) in [6, 6.07) is 7.81. The van der Waals surface area contributed by atoms with E-state index in [1.54, 1.807) is 11.3 Å². The molecule has 0 N–H and O–H groups in total. The molecule has 2 aromatic heterocycles. The maximum absolute atomic E-state index is 6.32. The zero-order valence-electron chi connectivity index (χ0n) is 17.4. The Labute approximate surface area is 180 Å². The SMILES string of the molecule is CCCOc1ccc(Oc2nc(CN3CCOCC3)nc3sc4c(c23)CCC4)cc1. The third kappa shape index (κ3) is 4.15. The van der Waals surface area contributed by atoms with Crippen LogP contribution in [0.15, 0.2) is 24.3 Å². The molecule has 3 heterocycles. The minimum atomic E-state index is 0.685. The first-order chi connectivity index (χ1) is 14.8. The van der Waals surface area contributed by atoms with Crippen LogP contribution in [0.25, 0.3) is 10.2 Å². The molecule has 5 rings (SSSR count). The highest BCUT2D eigenvalue weighted by Gasteiger charge is 2.24. The Morgan fingerprint density at radius 3 is 2.67 bits per heavy atom. The quantitative estimate of drug-likeness (QED) is 0.552. The molecule has 158 valence electrons. The van der Waals surface area contributed by atoms with Crippen LogP contribution in [0.1, 0.15) is 36.0 Å². The topological polar surface area (TPSA) is 56.7 Å². The average Bonchev–Trinajstić information content (AvgIpc) is 3.35. The van der Waals surface area contributed by atoms with Crippen molar-refractivity contribution in [2.24, 2.45) is 0 Å². The van der Waals surface area contributed by atoms with Crippen LogP contribution in [0.2, 0.25) is 0 Å². The number of hydrogen-bond donors (Lipinski definition) is 0. The highest BCUT2D eigenvalue weighted by molar-refractivity contribution is 7.19. The molecular weight excluding hydrogens is 398 g/mol. The first kappa shape index (κ1) is 19.7. The summed E-state index contributed by atoms with van der Waals surface area (Å²) >= 11 is 1.80. The van der Waals surface area contributed by atoms with Gasteiger partial charge in [0.25, 0.3) is 0 Å². The summed E-state index contributed by atoms with van der Waals surface area (Å²) in [6.07, 6.45) is 4.42. The molecule has 1 aliphatic heterocycles. The van der Waals surface area contributed by atoms with Gasteiger partial charge in [0.05, 0.1) is 31.8 Å². The predicted octanol–water partition coefficient (Wildman–Crippen LogP) is 4.59. The fourth-order valence-corrected chi connectivity index (χ4v) is 5.31. The molecule has 2 aliphatic rings. The molecule has 0 amide bonds. The van der Waals surface area contributed by atoms with Crippen molar-refractivity contribution in [3.8, 4) is 17.4 Å². The minimum Gasteiger partial charge on any atom is -0.494 e. The van der Waals surface area contributed by atoms with Crippen molar-refractivity contribution in [1.82, 2.24) is 14.9 Å². The molecule has 0 bridgehead atoms. The molecule has 30 heavy (non-hydrogen) atoms. The van der Waals surface area contributed by atoms with E-state index >= 15 is 0 Å². The number of nitrogens with zero attached hydrogens (tertiary/aromatic N) is 3. The van der Waals surface area contributed by atoms with Gasteiger partial charge in [-0.25, -0.2) is 4.98 Å². The van der Waals surface area contributed by atoms with Gasteiger partial charge in [-0.15, -0.1) is 11.3 Å². The highest BCUT2D eigenvalue weighted by atomic mass is 32.1. The van der Waals surface area contributed by atoms with Crippen LogP contribution < -0.4 is 9.47 Å². The van der Waals surface area contributed by atoms with Gasteiger partial charge in [-0.1, -0.05) is 6.92 Å². The number of fused-ring (bicyclic) bond motifs is 3. The van der Waals surface area contributed by atoms with Gasteiger partial charge >= 0.3 is 0 Å². The molecule has 1 aromatic carbocycles. The normalized spacial score (nSPS) is 16.7. The Balaban J connectivity index is 1.45. The Morgan fingerprint density at radius 1 is 1.07 bits per heavy atom. The second-order valence-electron chi connectivity index (χ2n) is 7.79. The van der Waals surface area contributed by atoms with Crippen LogP contribution in [0.4, 0.5) is 0 Å². The van der Waals surface area contributed by atoms with Crippen molar-refractivity contribution < 1.29 is 14.2 Å². The van der Waals surface area contributed by atoms with Crippen LogP contribution in [-0.2, 0) is 24.1 Å². The van der Waals surface area contributed by atoms with Gasteiger partial charge in [-0.3, -0.25) is 4.90 Å². The van der Waals surface area contributed by atoms with E-state index in [1.165, 1.54) is 16.9 Å². The molecule has 3 aromatic rings. The number of ether oxygens (including phenoxy) is 3. The van der Waals surface area contributed by atoms with Crippen molar-refractivity contribution in [3.63, 3.8) is 0 Å². The van der Waals surface area contributed by atoms with Crippen LogP contribution in [0.5, 0.6) is 17.4 Å². The van der Waals surface area contributed by atoms with E-state index in [4.69, 9.17) is 24.2 Å². The molecular formula is C23H27N3O3S. The molecule has 0 saturated carbocycles. The van der Waals surface area contributed by atoms with Gasteiger partial charge in [-0.05, 0) is 55.5 Å². The summed E-state index contributed by atoms with van der Waals surface area (Å²) in [5.74, 6) is 3.14. The number of morpholine rings is 1. The lowest BCUT2D eigenvalue weighted by atomic mass is 10.2. The maximum Gasteiger partial charge on any atom is 0.231 e. The van der Waals surface area contributed by atoms with E-state index in [0.717, 1.165) is 86.3 Å². The first-order valence-corrected chi connectivity index (χ1v) is 11.6. The van der Waals surface area contributed by atoms with E-state index in [2.05, 4.69) is 11.8 Å². The maximum atomic E-state index is 6.32. The van der Waals surface area contributed by atoms with E-state index in [9.17, 15) is 0 Å². The third-order valence-electron chi connectivity index (χ3n) is 5.56. The fraction of sp³-hybridized carbons (Fsp3) is 0.478. The number of thiophene rings is 1. The molecule has 6 nitrogen and oxygen atoms in total. The highest BCUT2D eigenvalue weighted by Crippen LogP contribution is 2.41. The van der Waals surface area contributed by atoms with Crippen LogP contribution in [0.3, 0.4) is 0 Å². The van der Waals surface area contributed by atoms with Crippen LogP contribution >= 0.6 is 11.3 Å². The Hall–Kier alpha value is -2.22. The van der Waals surface area contributed by atoms with Gasteiger partial charge < -0.3 is 14.2 Å². The van der Waals surface area contributed by atoms with Gasteiger partial charge in [0.15, 0.2) is 0 Å². The lowest BCUT2D eigenvalue weighted by Crippen LogP contribution is -2.36. The van der Waals surface area contributed by atoms with Gasteiger partial charge in [-0.2, -0.15) is 4.98 Å². The number of rotatable bonds is 7. The lowest BCUT2D eigenvalue weighted by molar-refractivity contribution is 0.0330. The Morgan fingerprint density at radius 2 is 1.87 bits per heavy atom. The van der Waals surface area contributed by atoms with Gasteiger partial charge in [0, 0.05) is 18.0 Å². The Kier molecular flexibility index (Phi) is 5.84. The number of aromatic nitrogens is 2. The fourth-order valence-electron chi connectivity index (χ4n) is 4.04. The van der Waals surface area contributed by atoms with E-state index in [-0.39, 0.29) is 0 Å². The standard InChI is InChI=1S/C23H27N3O3S/c1-2-12-28-16-6-8-17(9-7-16)29-22-21-18-4-3-5-19(18)30-23(21)25-20(24-22)15-26-10-13-27-14-11-26/h6-9H,2-5,10-15H2,1H3. The summed E-state index contributed by atoms with van der Waals surface area (Å²) in [6.45, 7) is 6.92. The molecule has 1 aliphatic carbocycles. The summed E-state index contributed by atoms with van der Waals surface area (Å²) in [5, 5.41) is 1.10. The summed E-state index contributed by atoms with van der Waals surface area (Å²) in [4.78, 5) is 14.6. The van der Waals surface area contributed by atoms with E-state index in [0.29, 0.717) is 5.88 Å². The van der Waals surface area contributed by atoms with Crippen molar-refractivity contribution in [2.45, 2.75) is 39.2 Å². The van der Waals surface area contributed by atoms with Crippen molar-refractivity contribution >= 4 is 21.6 Å². The molecule has 0 unspecified atom stereocenters. The molecule has 0 spiro atoms. The zero-order chi connectivity index (χ0) is 20.3. The summed E-state index contributed by atoms with van der Waals surface area (Å²) in [5.41, 5.74) is 1.38. The lowest BCUT2D eigenvalue weighted by Gasteiger charge is -2.25. The molecule has 1 fully saturated rings. The largest absolute Gasteiger partial charge is 0.494 e. The van der Waals surface area contributed by atoms with Crippen molar-refractivity contribution in [1.29, 1.82) is 0 Å². The minimum absolute atomic E-state index is 0.685. The first-order valence-electron chi connectivity index (χ1n) is 10.8. The summed E-state index contributed by atoms with van der Waals surface area (Å²) in [7, 11) is 0. The van der Waals surface area contributed by atoms with E-state index in [1.807, 2.05) is 24.3 Å². The zero-order valence-corrected chi connectivity index (χ0v) is 18.2. The van der Waals surface area contributed by atoms with Crippen LogP contribution in [-0.4, -0.2) is 47.8 Å². The van der Waals surface area contributed by atoms with Gasteiger partial charge in [0.2, 0.25) is 5.88 Å². The average molecular weight is 426 g/mol. The number of hydrogen-bond acceptors (Lipinski definition) is 7. The van der Waals surface area contributed by atoms with Gasteiger partial charge in [0.1, 0.15) is 22.2 Å². The smallest absolute Gasteiger partial charge is 0.231 e. The van der Waals surface area contributed by atoms with E-state index < -0.39 is 0 Å². The van der Waals surface area contributed by atoms with Crippen molar-refractivity contribution in [2.75, 3.05) is 32.9 Å². The second kappa shape index (κ2) is 8.88. The van der Waals surface area contributed by atoms with Crippen LogP contribution in [0, 0.1) is 0 Å². The third-order valence-corrected chi connectivity index (χ3v) is 6.74. The monoisotopic (exact) mass is 425 g/mol. The molecule has 1 saturated heterocycles. The molecule has 7 heteroatoms. The Bertz CT molecular complexity index is 1010. The van der Waals surface area contributed by atoms with Crippen molar-refractivity contribution in [3.05, 3.63) is 40.5 Å². The summed E-state index contributed by atoms with van der Waals surface area (Å²) < 4.78 is 17.5. The molecule has 0 atom stereocenters. The number of benzene rings is 1. The number of aryl methyl sites for hydroxylation is 2. The second-order valence-corrected chi connectivity index (χ2v) is 8.88. The predicted molar refractivity (Wildman–Crippen MR) is 118 cm³/mol.